The molecule has 2 unspecified atom stereocenters. The Bertz CT molecular complexity index is 2270. The second kappa shape index (κ2) is 13.5. The van der Waals surface area contributed by atoms with Gasteiger partial charge in [-0.25, -0.2) is 0 Å². The molecule has 0 aromatic heterocycles. The molecule has 6 aliphatic rings. The Morgan fingerprint density at radius 1 is 0.466 bits per heavy atom. The van der Waals surface area contributed by atoms with Crippen molar-refractivity contribution in [1.82, 2.24) is 0 Å². The van der Waals surface area contributed by atoms with Crippen LogP contribution in [0.4, 0.5) is 0 Å². The van der Waals surface area contributed by atoms with Crippen LogP contribution in [0.3, 0.4) is 0 Å². The fourth-order valence-corrected chi connectivity index (χ4v) is 30.0. The van der Waals surface area contributed by atoms with Crippen molar-refractivity contribution in [3.63, 3.8) is 0 Å². The molecule has 58 heavy (non-hydrogen) atoms. The third-order valence-electron chi connectivity index (χ3n) is 14.9. The molecule has 2 aromatic rings. The maximum atomic E-state index is 2.80. The molecule has 0 radical (unpaired) electrons. The van der Waals surface area contributed by atoms with Gasteiger partial charge >= 0.3 is 359 Å². The molecule has 0 nitrogen and oxygen atoms in total. The zero-order valence-corrected chi connectivity index (χ0v) is 43.3. The molecule has 0 bridgehead atoms. The zero-order chi connectivity index (χ0) is 42.3. The van der Waals surface area contributed by atoms with Gasteiger partial charge in [0.2, 0.25) is 0 Å². The first-order valence-electron chi connectivity index (χ1n) is 22.8. The molecule has 306 valence electrons. The van der Waals surface area contributed by atoms with E-state index in [1.165, 1.54) is 83.1 Å². The Morgan fingerprint density at radius 2 is 0.776 bits per heavy atom. The fourth-order valence-electron chi connectivity index (χ4n) is 11.9. The van der Waals surface area contributed by atoms with Gasteiger partial charge in [-0.3, -0.25) is 0 Å². The van der Waals surface area contributed by atoms with Gasteiger partial charge in [0.25, 0.3) is 0 Å². The molecular formula is C56H74SiZr. The van der Waals surface area contributed by atoms with Crippen molar-refractivity contribution in [2.45, 2.75) is 178 Å². The maximum absolute atomic E-state index is 3.96. The summed E-state index contributed by atoms with van der Waals surface area (Å²) in [4.78, 5) is 0. The van der Waals surface area contributed by atoms with Crippen LogP contribution in [0.1, 0.15) is 181 Å². The van der Waals surface area contributed by atoms with Crippen molar-refractivity contribution in [2.75, 3.05) is 0 Å². The van der Waals surface area contributed by atoms with Crippen LogP contribution in [-0.2, 0) is 39.1 Å². The number of rotatable bonds is 4. The van der Waals surface area contributed by atoms with E-state index in [1.807, 2.05) is 0 Å². The van der Waals surface area contributed by atoms with E-state index in [1.54, 1.807) is 51.1 Å². The molecule has 2 aromatic carbocycles. The van der Waals surface area contributed by atoms with Gasteiger partial charge in [-0.15, -0.1) is 0 Å². The van der Waals surface area contributed by atoms with Crippen LogP contribution in [0, 0.1) is 0 Å². The summed E-state index contributed by atoms with van der Waals surface area (Å²) in [6.45, 7) is 36.1. The van der Waals surface area contributed by atoms with E-state index in [4.69, 9.17) is 0 Å². The summed E-state index contributed by atoms with van der Waals surface area (Å²) < 4.78 is 9.09. The van der Waals surface area contributed by atoms with Crippen molar-refractivity contribution in [3.05, 3.63) is 156 Å². The molecule has 0 saturated heterocycles. The first-order valence-corrected chi connectivity index (χ1v) is 36.1. The quantitative estimate of drug-likeness (QED) is 0.269. The summed E-state index contributed by atoms with van der Waals surface area (Å²) in [5.41, 5.74) is 25.4. The van der Waals surface area contributed by atoms with Crippen LogP contribution in [0.25, 0.3) is 0 Å². The monoisotopic (exact) mass is 864 g/mol. The third-order valence-corrected chi connectivity index (χ3v) is 30.2. The third kappa shape index (κ3) is 6.95. The Kier molecular flexibility index (Phi) is 9.80. The second-order valence-corrected chi connectivity index (χ2v) is 52.7. The van der Waals surface area contributed by atoms with Crippen LogP contribution in [0.2, 0.25) is 9.26 Å². The van der Waals surface area contributed by atoms with Crippen molar-refractivity contribution < 1.29 is 17.4 Å². The average molecular weight is 867 g/mol. The Morgan fingerprint density at radius 3 is 1.07 bits per heavy atom. The molecule has 0 spiro atoms. The predicted octanol–water partition coefficient (Wildman–Crippen LogP) is 15.3. The number of hydrogen-bond acceptors (Lipinski definition) is 0. The Balaban J connectivity index is 1.25. The molecule has 8 rings (SSSR count). The van der Waals surface area contributed by atoms with Crippen LogP contribution in [0.15, 0.2) is 123 Å². The van der Waals surface area contributed by atoms with Crippen LogP contribution < -0.4 is 0 Å². The first-order chi connectivity index (χ1) is 26.6. The Hall–Kier alpha value is -2.54. The normalized spacial score (nSPS) is 22.9. The van der Waals surface area contributed by atoms with Gasteiger partial charge < -0.3 is 0 Å². The summed E-state index contributed by atoms with van der Waals surface area (Å²) in [6.07, 6.45) is 18.2. The summed E-state index contributed by atoms with van der Waals surface area (Å²) in [5, 5.41) is 0. The molecule has 0 saturated carbocycles. The predicted molar refractivity (Wildman–Crippen MR) is 253 cm³/mol. The summed E-state index contributed by atoms with van der Waals surface area (Å²) in [5.74, 6) is 0.678. The van der Waals surface area contributed by atoms with Gasteiger partial charge in [-0.05, 0) is 0 Å². The molecule has 0 aliphatic heterocycles. The SMILES string of the molecule is CC1=[C]([Zr]([CH3])([CH3])(=[SiH2])[C]2=C(C)C=C3C2=CC2=C(CCC2)C3c2cc(C(C)(C)C)cc(C(C)(C)C)c2)C2=CC3=C(CCC3)C(c3cc(C(C)(C)C)cc(C(C)(C)C)c3)C2=C1. The van der Waals surface area contributed by atoms with Crippen molar-refractivity contribution in [1.29, 1.82) is 0 Å². The number of allylic oxidation sites excluding steroid dienone is 16. The van der Waals surface area contributed by atoms with Crippen molar-refractivity contribution >= 4 is 6.88 Å². The van der Waals surface area contributed by atoms with Gasteiger partial charge in [0.05, 0.1) is 0 Å². The average Bonchev–Trinajstić information content (AvgIpc) is 3.88. The molecular weight excluding hydrogens is 792 g/mol. The summed E-state index contributed by atoms with van der Waals surface area (Å²) in [6, 6.07) is 15.4. The van der Waals surface area contributed by atoms with Crippen molar-refractivity contribution in [3.8, 4) is 0 Å². The molecule has 2 heteroatoms. The summed E-state index contributed by atoms with van der Waals surface area (Å²) in [7, 11) is 0. The van der Waals surface area contributed by atoms with Crippen molar-refractivity contribution in [2.24, 2.45) is 0 Å². The van der Waals surface area contributed by atoms with Crippen LogP contribution in [-0.4, -0.2) is 6.88 Å². The Labute approximate surface area is 356 Å². The standard InChI is InChI=1S/2C27H33.2CH3.H2Si.Zr/c2*1-17-11-19-13-18-9-8-10-23(18)25(24(19)12-17)20-14-21(26(2,3)4)16-22(15-20)27(5,6)7;;;;/h2*12-16,25H,8-10H2,1-7H3;2*1H3;1H2;. The van der Waals surface area contributed by atoms with E-state index in [2.05, 4.69) is 174 Å². The fraction of sp³-hybridized carbons (Fsp3) is 0.500. The zero-order valence-electron chi connectivity index (χ0n) is 39.4. The van der Waals surface area contributed by atoms with Gasteiger partial charge in [0.1, 0.15) is 0 Å². The molecule has 0 heterocycles. The molecule has 2 atom stereocenters. The van der Waals surface area contributed by atoms with Gasteiger partial charge in [0.15, 0.2) is 0 Å². The van der Waals surface area contributed by atoms with Crippen LogP contribution >= 0.6 is 0 Å². The van der Waals surface area contributed by atoms with Crippen LogP contribution in [0.5, 0.6) is 0 Å². The van der Waals surface area contributed by atoms with E-state index in [0.29, 0.717) is 11.8 Å². The molecule has 0 fully saturated rings. The summed E-state index contributed by atoms with van der Waals surface area (Å²) >= 11 is -3.96. The molecule has 6 aliphatic carbocycles. The van der Waals surface area contributed by atoms with Gasteiger partial charge in [-0.1, -0.05) is 0 Å². The minimum absolute atomic E-state index is 0.0897. The first kappa shape index (κ1) is 42.2. The second-order valence-electron chi connectivity index (χ2n) is 24.5. The molecule has 0 amide bonds. The van der Waals surface area contributed by atoms with E-state index in [9.17, 15) is 0 Å². The van der Waals surface area contributed by atoms with E-state index >= 15 is 0 Å². The van der Waals surface area contributed by atoms with Gasteiger partial charge in [0, 0.05) is 0 Å². The van der Waals surface area contributed by atoms with E-state index in [-0.39, 0.29) is 21.7 Å². The minimum atomic E-state index is -3.96. The number of hydrogen-bond donors (Lipinski definition) is 0. The number of benzene rings is 2. The topological polar surface area (TPSA) is 0 Å². The number of fused-ring (bicyclic) bond motifs is 2. The molecule has 0 N–H and O–H groups in total. The van der Waals surface area contributed by atoms with E-state index in [0.717, 1.165) is 0 Å². The van der Waals surface area contributed by atoms with E-state index < -0.39 is 17.4 Å². The van der Waals surface area contributed by atoms with Gasteiger partial charge in [-0.2, -0.15) is 0 Å².